The van der Waals surface area contributed by atoms with Crippen molar-refractivity contribution in [1.82, 2.24) is 20.0 Å². The molecule has 0 aromatic rings. The van der Waals surface area contributed by atoms with E-state index in [2.05, 4.69) is 10.2 Å². The van der Waals surface area contributed by atoms with Crippen LogP contribution in [0.5, 0.6) is 0 Å². The van der Waals surface area contributed by atoms with Gasteiger partial charge in [0.05, 0.1) is 6.04 Å². The van der Waals surface area contributed by atoms with Gasteiger partial charge in [0.25, 0.3) is 0 Å². The number of nitrogens with one attached hydrogen (secondary N) is 1. The lowest BCUT2D eigenvalue weighted by molar-refractivity contribution is -0.138. The van der Waals surface area contributed by atoms with Gasteiger partial charge in [-0.1, -0.05) is 0 Å². The maximum atomic E-state index is 12.5. The number of nitrogens with zero attached hydrogens (tertiary/aromatic N) is 3. The van der Waals surface area contributed by atoms with Crippen LogP contribution >= 0.6 is 0 Å². The third kappa shape index (κ3) is 4.04. The third-order valence-electron chi connectivity index (χ3n) is 5.57. The SMILES string of the molecule is CC(C(=O)N1CCCC1)N1CCN(C(=O)CC2CCCN2)CC1. The summed E-state index contributed by atoms with van der Waals surface area (Å²) in [6.07, 6.45) is 5.20. The molecule has 3 fully saturated rings. The minimum Gasteiger partial charge on any atom is -0.341 e. The number of piperazine rings is 1. The molecule has 0 bridgehead atoms. The fraction of sp³-hybridized carbons (Fsp3) is 0.882. The molecule has 2 amide bonds. The minimum absolute atomic E-state index is 0.0538. The number of hydrogen-bond donors (Lipinski definition) is 1. The second-order valence-corrected chi connectivity index (χ2v) is 7.12. The molecule has 6 heteroatoms. The van der Waals surface area contributed by atoms with Gasteiger partial charge < -0.3 is 15.1 Å². The fourth-order valence-electron chi connectivity index (χ4n) is 3.99. The van der Waals surface area contributed by atoms with E-state index in [9.17, 15) is 9.59 Å². The Labute approximate surface area is 139 Å². The molecule has 0 radical (unpaired) electrons. The summed E-state index contributed by atoms with van der Waals surface area (Å²) < 4.78 is 0. The molecule has 3 rings (SSSR count). The Morgan fingerprint density at radius 3 is 2.30 bits per heavy atom. The topological polar surface area (TPSA) is 55.9 Å². The van der Waals surface area contributed by atoms with Gasteiger partial charge in [-0.15, -0.1) is 0 Å². The van der Waals surface area contributed by atoms with Crippen LogP contribution in [0.4, 0.5) is 0 Å². The third-order valence-corrected chi connectivity index (χ3v) is 5.57. The highest BCUT2D eigenvalue weighted by Gasteiger charge is 2.31. The second-order valence-electron chi connectivity index (χ2n) is 7.12. The van der Waals surface area contributed by atoms with E-state index in [1.807, 2.05) is 16.7 Å². The molecule has 6 nitrogen and oxygen atoms in total. The van der Waals surface area contributed by atoms with Crippen molar-refractivity contribution in [2.45, 2.75) is 51.1 Å². The first-order valence-electron chi connectivity index (χ1n) is 9.19. The quantitative estimate of drug-likeness (QED) is 0.808. The summed E-state index contributed by atoms with van der Waals surface area (Å²) in [6, 6.07) is 0.318. The van der Waals surface area contributed by atoms with Crippen molar-refractivity contribution in [3.63, 3.8) is 0 Å². The van der Waals surface area contributed by atoms with Gasteiger partial charge in [-0.25, -0.2) is 0 Å². The number of hydrogen-bond acceptors (Lipinski definition) is 4. The van der Waals surface area contributed by atoms with Gasteiger partial charge >= 0.3 is 0 Å². The molecule has 0 aromatic heterocycles. The Kier molecular flexibility index (Phi) is 5.54. The lowest BCUT2D eigenvalue weighted by Crippen LogP contribution is -2.55. The number of amides is 2. The predicted octanol–water partition coefficient (Wildman–Crippen LogP) is 0.284. The summed E-state index contributed by atoms with van der Waals surface area (Å²) in [4.78, 5) is 31.1. The van der Waals surface area contributed by atoms with Crippen LogP contribution in [0.15, 0.2) is 0 Å². The molecule has 3 saturated heterocycles. The average molecular weight is 322 g/mol. The Balaban J connectivity index is 1.43. The molecule has 130 valence electrons. The van der Waals surface area contributed by atoms with E-state index in [1.54, 1.807) is 0 Å². The van der Waals surface area contributed by atoms with Crippen LogP contribution in [-0.4, -0.2) is 84.4 Å². The second kappa shape index (κ2) is 7.62. The van der Waals surface area contributed by atoms with Gasteiger partial charge in [0, 0.05) is 51.7 Å². The summed E-state index contributed by atoms with van der Waals surface area (Å²) in [5.74, 6) is 0.528. The summed E-state index contributed by atoms with van der Waals surface area (Å²) in [5, 5.41) is 3.39. The summed E-state index contributed by atoms with van der Waals surface area (Å²) >= 11 is 0. The zero-order chi connectivity index (χ0) is 16.2. The Morgan fingerprint density at radius 1 is 1.00 bits per heavy atom. The molecule has 3 aliphatic heterocycles. The summed E-state index contributed by atoms with van der Waals surface area (Å²) in [6.45, 7) is 8.01. The van der Waals surface area contributed by atoms with Crippen LogP contribution in [0.2, 0.25) is 0 Å². The molecule has 0 aromatic carbocycles. The Hall–Kier alpha value is -1.14. The van der Waals surface area contributed by atoms with Crippen LogP contribution in [0.25, 0.3) is 0 Å². The highest BCUT2D eigenvalue weighted by molar-refractivity contribution is 5.82. The van der Waals surface area contributed by atoms with E-state index in [0.29, 0.717) is 12.5 Å². The summed E-state index contributed by atoms with van der Waals surface area (Å²) in [5.41, 5.74) is 0. The van der Waals surface area contributed by atoms with Gasteiger partial charge in [-0.2, -0.15) is 0 Å². The molecular formula is C17H30N4O2. The number of likely N-dealkylation sites (tertiary alicyclic amines) is 1. The van der Waals surface area contributed by atoms with Gasteiger partial charge in [0.1, 0.15) is 0 Å². The lowest BCUT2D eigenvalue weighted by Gasteiger charge is -2.38. The largest absolute Gasteiger partial charge is 0.341 e. The van der Waals surface area contributed by atoms with Gasteiger partial charge in [0.15, 0.2) is 0 Å². The lowest BCUT2D eigenvalue weighted by atomic mass is 10.1. The molecule has 0 aliphatic carbocycles. The maximum absolute atomic E-state index is 12.5. The van der Waals surface area contributed by atoms with E-state index in [1.165, 1.54) is 6.42 Å². The highest BCUT2D eigenvalue weighted by Crippen LogP contribution is 2.15. The monoisotopic (exact) mass is 322 g/mol. The molecule has 2 unspecified atom stereocenters. The van der Waals surface area contributed by atoms with Crippen molar-refractivity contribution in [3.8, 4) is 0 Å². The normalized spacial score (nSPS) is 27.4. The van der Waals surface area contributed by atoms with E-state index in [4.69, 9.17) is 0 Å². The molecular weight excluding hydrogens is 292 g/mol. The average Bonchev–Trinajstić information content (AvgIpc) is 3.27. The van der Waals surface area contributed by atoms with Crippen molar-refractivity contribution in [1.29, 1.82) is 0 Å². The van der Waals surface area contributed by atoms with Crippen molar-refractivity contribution in [2.24, 2.45) is 0 Å². The highest BCUT2D eigenvalue weighted by atomic mass is 16.2. The number of rotatable bonds is 4. The fourth-order valence-corrected chi connectivity index (χ4v) is 3.99. The Morgan fingerprint density at radius 2 is 1.70 bits per heavy atom. The molecule has 3 aliphatic rings. The molecule has 2 atom stereocenters. The number of carbonyl (C=O) groups is 2. The first-order chi connectivity index (χ1) is 11.1. The smallest absolute Gasteiger partial charge is 0.239 e. The van der Waals surface area contributed by atoms with E-state index >= 15 is 0 Å². The van der Waals surface area contributed by atoms with Crippen LogP contribution in [-0.2, 0) is 9.59 Å². The van der Waals surface area contributed by atoms with E-state index < -0.39 is 0 Å². The number of carbonyl (C=O) groups excluding carboxylic acids is 2. The molecule has 0 saturated carbocycles. The molecule has 0 spiro atoms. The van der Waals surface area contributed by atoms with Crippen molar-refractivity contribution >= 4 is 11.8 Å². The van der Waals surface area contributed by atoms with Gasteiger partial charge in [-0.05, 0) is 39.2 Å². The van der Waals surface area contributed by atoms with Gasteiger partial charge in [0.2, 0.25) is 11.8 Å². The van der Waals surface area contributed by atoms with Gasteiger partial charge in [-0.3, -0.25) is 14.5 Å². The van der Waals surface area contributed by atoms with Crippen LogP contribution in [0.1, 0.15) is 39.0 Å². The van der Waals surface area contributed by atoms with Crippen LogP contribution < -0.4 is 5.32 Å². The van der Waals surface area contributed by atoms with Crippen molar-refractivity contribution in [3.05, 3.63) is 0 Å². The van der Waals surface area contributed by atoms with Crippen LogP contribution in [0, 0.1) is 0 Å². The first-order valence-corrected chi connectivity index (χ1v) is 9.19. The minimum atomic E-state index is -0.0538. The predicted molar refractivity (Wildman–Crippen MR) is 89.1 cm³/mol. The zero-order valence-corrected chi connectivity index (χ0v) is 14.3. The molecule has 23 heavy (non-hydrogen) atoms. The van der Waals surface area contributed by atoms with E-state index in [0.717, 1.165) is 65.1 Å². The van der Waals surface area contributed by atoms with E-state index in [-0.39, 0.29) is 17.9 Å². The van der Waals surface area contributed by atoms with Crippen LogP contribution in [0.3, 0.4) is 0 Å². The first kappa shape index (κ1) is 16.7. The zero-order valence-electron chi connectivity index (χ0n) is 14.3. The summed E-state index contributed by atoms with van der Waals surface area (Å²) in [7, 11) is 0. The van der Waals surface area contributed by atoms with Crippen molar-refractivity contribution < 1.29 is 9.59 Å². The maximum Gasteiger partial charge on any atom is 0.239 e. The Bertz CT molecular complexity index is 422. The molecule has 3 heterocycles. The van der Waals surface area contributed by atoms with Crippen molar-refractivity contribution in [2.75, 3.05) is 45.8 Å². The molecule has 1 N–H and O–H groups in total. The standard InChI is InChI=1S/C17H30N4O2/c1-14(17(23)21-7-2-3-8-21)19-9-11-20(12-10-19)16(22)13-15-5-4-6-18-15/h14-15,18H,2-13H2,1H3.